The number of ether oxygens (including phenoxy) is 1. The molecule has 170 valence electrons. The number of nitrogens with one attached hydrogen (secondary N) is 1. The highest BCUT2D eigenvalue weighted by atomic mass is 19.1. The molecule has 33 heavy (non-hydrogen) atoms. The second-order valence-electron chi connectivity index (χ2n) is 7.62. The Labute approximate surface area is 186 Å². The Morgan fingerprint density at radius 3 is 2.61 bits per heavy atom. The molecule has 1 saturated heterocycles. The van der Waals surface area contributed by atoms with Gasteiger partial charge in [0.2, 0.25) is 0 Å². The molecule has 0 saturated carbocycles. The number of aliphatic hydroxyl groups is 1. The molecule has 3 aromatic rings. The molecule has 2 aromatic carbocycles. The van der Waals surface area contributed by atoms with Gasteiger partial charge in [-0.1, -0.05) is 17.3 Å². The number of benzene rings is 2. The maximum absolute atomic E-state index is 15.0. The highest BCUT2D eigenvalue weighted by Crippen LogP contribution is 2.32. The van der Waals surface area contributed by atoms with E-state index >= 15 is 0 Å². The first-order chi connectivity index (χ1) is 16.0. The zero-order chi connectivity index (χ0) is 22.9. The first kappa shape index (κ1) is 21.0. The summed E-state index contributed by atoms with van der Waals surface area (Å²) < 4.78 is 36.7. The fourth-order valence-corrected chi connectivity index (χ4v) is 3.80. The van der Waals surface area contributed by atoms with E-state index in [1.54, 1.807) is 29.1 Å². The number of aromatic nitrogens is 3. The number of carbonyl (C=O) groups excluding carboxylic acids is 1. The van der Waals surface area contributed by atoms with E-state index in [-0.39, 0.29) is 24.3 Å². The van der Waals surface area contributed by atoms with Crippen LogP contribution < -0.4 is 10.4 Å². The van der Waals surface area contributed by atoms with Crippen LogP contribution in [0.1, 0.15) is 5.56 Å². The van der Waals surface area contributed by atoms with Gasteiger partial charge < -0.3 is 9.84 Å². The van der Waals surface area contributed by atoms with Gasteiger partial charge in [-0.15, -0.1) is 5.10 Å². The summed E-state index contributed by atoms with van der Waals surface area (Å²) >= 11 is 0. The third kappa shape index (κ3) is 4.15. The molecule has 9 nitrogen and oxygen atoms in total. The summed E-state index contributed by atoms with van der Waals surface area (Å²) in [6, 6.07) is 8.51. The van der Waals surface area contributed by atoms with Gasteiger partial charge in [0.1, 0.15) is 23.8 Å². The molecular weight excluding hydrogens is 436 g/mol. The number of hydroxylamine groups is 1. The van der Waals surface area contributed by atoms with E-state index in [9.17, 15) is 13.6 Å². The van der Waals surface area contributed by atoms with Crippen LogP contribution in [-0.2, 0) is 16.1 Å². The Hall–Kier alpha value is -3.83. The van der Waals surface area contributed by atoms with Gasteiger partial charge in [-0.25, -0.2) is 18.3 Å². The zero-order valence-electron chi connectivity index (χ0n) is 17.2. The average Bonchev–Trinajstić information content (AvgIpc) is 3.56. The molecular formula is C22H19F2N5O4. The van der Waals surface area contributed by atoms with Crippen LogP contribution in [0.25, 0.3) is 16.8 Å². The van der Waals surface area contributed by atoms with Crippen LogP contribution in [0.4, 0.5) is 19.3 Å². The molecule has 1 aromatic heterocycles. The maximum Gasteiger partial charge on any atom is 0.414 e. The van der Waals surface area contributed by atoms with Crippen LogP contribution >= 0.6 is 0 Å². The lowest BCUT2D eigenvalue weighted by molar-refractivity contribution is 0.0173. The van der Waals surface area contributed by atoms with E-state index in [4.69, 9.17) is 14.7 Å². The Balaban J connectivity index is 1.34. The number of aliphatic hydroxyl groups excluding tert-OH is 1. The summed E-state index contributed by atoms with van der Waals surface area (Å²) in [6.07, 6.45) is 3.25. The summed E-state index contributed by atoms with van der Waals surface area (Å²) in [5.74, 6) is -1.30. The molecule has 0 spiro atoms. The van der Waals surface area contributed by atoms with Crippen molar-refractivity contribution in [2.75, 3.05) is 18.1 Å². The van der Waals surface area contributed by atoms with Crippen molar-refractivity contribution in [2.45, 2.75) is 18.8 Å². The number of anilines is 1. The van der Waals surface area contributed by atoms with E-state index in [0.29, 0.717) is 23.5 Å². The van der Waals surface area contributed by atoms with Crippen molar-refractivity contribution in [3.05, 3.63) is 72.1 Å². The van der Waals surface area contributed by atoms with E-state index in [1.165, 1.54) is 35.4 Å². The van der Waals surface area contributed by atoms with Crippen molar-refractivity contribution in [2.24, 2.45) is 0 Å². The predicted molar refractivity (Wildman–Crippen MR) is 113 cm³/mol. The molecule has 0 bridgehead atoms. The topological polar surface area (TPSA) is 102 Å². The fourth-order valence-electron chi connectivity index (χ4n) is 3.80. The SMILES string of the molecule is O=C1O[C@@H](Cn2ccnn2)CN1c1ccc(-c2ccc(C3=CC(CO)ON3)cc2F)c(F)c1. The van der Waals surface area contributed by atoms with Gasteiger partial charge in [0.15, 0.2) is 0 Å². The van der Waals surface area contributed by atoms with Gasteiger partial charge >= 0.3 is 6.09 Å². The molecule has 0 aliphatic carbocycles. The molecule has 1 fully saturated rings. The molecule has 2 aliphatic rings. The molecule has 5 rings (SSSR count). The number of nitrogens with zero attached hydrogens (tertiary/aromatic N) is 4. The molecule has 0 radical (unpaired) electrons. The lowest BCUT2D eigenvalue weighted by atomic mass is 10.0. The molecule has 2 N–H and O–H groups in total. The average molecular weight is 455 g/mol. The number of amides is 1. The summed E-state index contributed by atoms with van der Waals surface area (Å²) in [5.41, 5.74) is 4.11. The predicted octanol–water partition coefficient (Wildman–Crippen LogP) is 2.49. The van der Waals surface area contributed by atoms with Gasteiger partial charge in [-0.3, -0.25) is 15.2 Å². The first-order valence-corrected chi connectivity index (χ1v) is 10.2. The zero-order valence-corrected chi connectivity index (χ0v) is 17.2. The molecule has 11 heteroatoms. The van der Waals surface area contributed by atoms with Crippen LogP contribution in [0, 0.1) is 11.6 Å². The smallest absolute Gasteiger partial charge is 0.414 e. The Bertz CT molecular complexity index is 1220. The normalized spacial score (nSPS) is 20.0. The number of rotatable bonds is 6. The minimum Gasteiger partial charge on any atom is -0.442 e. The summed E-state index contributed by atoms with van der Waals surface area (Å²) in [4.78, 5) is 18.7. The quantitative estimate of drug-likeness (QED) is 0.589. The number of hydrogen-bond donors (Lipinski definition) is 2. The third-order valence-corrected chi connectivity index (χ3v) is 5.42. The van der Waals surface area contributed by atoms with Crippen LogP contribution in [-0.4, -0.2) is 51.6 Å². The minimum absolute atomic E-state index is 0.0624. The van der Waals surface area contributed by atoms with Gasteiger partial charge in [0.05, 0.1) is 37.3 Å². The maximum atomic E-state index is 15.0. The molecule has 1 amide bonds. The summed E-state index contributed by atoms with van der Waals surface area (Å²) in [7, 11) is 0. The van der Waals surface area contributed by atoms with Crippen LogP contribution in [0.5, 0.6) is 0 Å². The molecule has 1 unspecified atom stereocenters. The van der Waals surface area contributed by atoms with Crippen molar-refractivity contribution < 1.29 is 28.3 Å². The highest BCUT2D eigenvalue weighted by Gasteiger charge is 2.33. The largest absolute Gasteiger partial charge is 0.442 e. The fraction of sp³-hybridized carbons (Fsp3) is 0.227. The van der Waals surface area contributed by atoms with E-state index < -0.39 is 29.9 Å². The van der Waals surface area contributed by atoms with Crippen molar-refractivity contribution >= 4 is 17.5 Å². The molecule has 2 atom stereocenters. The minimum atomic E-state index is -0.673. The van der Waals surface area contributed by atoms with Gasteiger partial charge in [-0.2, -0.15) is 0 Å². The molecule has 3 heterocycles. The van der Waals surface area contributed by atoms with Gasteiger partial charge in [0, 0.05) is 22.9 Å². The number of cyclic esters (lactones) is 1. The Kier molecular flexibility index (Phi) is 5.48. The van der Waals surface area contributed by atoms with Crippen molar-refractivity contribution in [1.29, 1.82) is 0 Å². The van der Waals surface area contributed by atoms with Gasteiger partial charge in [-0.05, 0) is 30.3 Å². The monoisotopic (exact) mass is 455 g/mol. The van der Waals surface area contributed by atoms with Crippen LogP contribution in [0.2, 0.25) is 0 Å². The summed E-state index contributed by atoms with van der Waals surface area (Å²) in [5, 5.41) is 16.7. The lowest BCUT2D eigenvalue weighted by Crippen LogP contribution is -2.26. The Morgan fingerprint density at radius 2 is 1.94 bits per heavy atom. The van der Waals surface area contributed by atoms with E-state index in [0.717, 1.165) is 0 Å². The van der Waals surface area contributed by atoms with E-state index in [1.807, 2.05) is 0 Å². The second-order valence-corrected chi connectivity index (χ2v) is 7.62. The van der Waals surface area contributed by atoms with Crippen LogP contribution in [0.15, 0.2) is 54.9 Å². The van der Waals surface area contributed by atoms with Crippen molar-refractivity contribution in [1.82, 2.24) is 20.5 Å². The number of halogens is 2. The summed E-state index contributed by atoms with van der Waals surface area (Å²) in [6.45, 7) is 0.343. The number of hydrogen-bond acceptors (Lipinski definition) is 7. The first-order valence-electron chi connectivity index (χ1n) is 10.2. The van der Waals surface area contributed by atoms with Crippen LogP contribution in [0.3, 0.4) is 0 Å². The second kappa shape index (κ2) is 8.60. The molecule has 2 aliphatic heterocycles. The highest BCUT2D eigenvalue weighted by molar-refractivity contribution is 5.90. The third-order valence-electron chi connectivity index (χ3n) is 5.42. The van der Waals surface area contributed by atoms with Crippen molar-refractivity contribution in [3.8, 4) is 11.1 Å². The van der Waals surface area contributed by atoms with Gasteiger partial charge in [0.25, 0.3) is 0 Å². The number of carbonyl (C=O) groups is 1. The lowest BCUT2D eigenvalue weighted by Gasteiger charge is -2.15. The van der Waals surface area contributed by atoms with Crippen molar-refractivity contribution in [3.63, 3.8) is 0 Å². The standard InChI is InChI=1S/C22H19F2N5O4/c23-19-7-13(21-9-15(12-30)33-26-21)1-3-17(19)18-4-2-14(8-20(18)24)29-11-16(32-22(29)31)10-28-6-5-25-27-28/h1-9,15-16,26,30H,10-12H2/t15?,16-/m0/s1. The Morgan fingerprint density at radius 1 is 1.15 bits per heavy atom. The van der Waals surface area contributed by atoms with E-state index in [2.05, 4.69) is 15.8 Å².